The van der Waals surface area contributed by atoms with Gasteiger partial charge in [0.25, 0.3) is 5.91 Å². The summed E-state index contributed by atoms with van der Waals surface area (Å²) >= 11 is 0. The van der Waals surface area contributed by atoms with Gasteiger partial charge in [0, 0.05) is 37.6 Å². The van der Waals surface area contributed by atoms with Crippen molar-refractivity contribution >= 4 is 27.3 Å². The zero-order chi connectivity index (χ0) is 25.8. The number of hydrogen-bond donors (Lipinski definition) is 4. The van der Waals surface area contributed by atoms with Gasteiger partial charge >= 0.3 is 0 Å². The Kier molecular flexibility index (Phi) is 10.4. The number of benzene rings is 1. The first-order valence-corrected chi connectivity index (χ1v) is 11.9. The van der Waals surface area contributed by atoms with Crippen molar-refractivity contribution in [1.29, 1.82) is 0 Å². The number of likely N-dealkylation sites (tertiary alicyclic amines) is 1. The normalized spacial score (nSPS) is 22.7. The average Bonchev–Trinajstić information content (AvgIpc) is 3.41. The van der Waals surface area contributed by atoms with Gasteiger partial charge in [-0.25, -0.2) is 8.78 Å². The number of carbonyl (C=O) groups is 1. The monoisotopic (exact) mass is 499 g/mol. The molecule has 1 aliphatic carbocycles. The van der Waals surface area contributed by atoms with Crippen molar-refractivity contribution in [3.05, 3.63) is 52.9 Å². The zero-order valence-electron chi connectivity index (χ0n) is 19.9. The minimum atomic E-state index is -1.19. The molecule has 2 atom stereocenters. The molecule has 4 radical (unpaired) electrons. The maximum absolute atomic E-state index is 13.4. The van der Waals surface area contributed by atoms with Crippen LogP contribution in [0.2, 0.25) is 0 Å². The van der Waals surface area contributed by atoms with Crippen molar-refractivity contribution in [3.8, 4) is 0 Å². The molecule has 3 aliphatic rings. The second-order valence-electron chi connectivity index (χ2n) is 9.60. The first kappa shape index (κ1) is 29.7. The molecule has 11 heteroatoms. The van der Waals surface area contributed by atoms with Crippen LogP contribution in [0.3, 0.4) is 0 Å². The number of fused-ring (bicyclic) bond motifs is 1. The molecule has 194 valence electrons. The molecule has 2 unspecified atom stereocenters. The van der Waals surface area contributed by atoms with Crippen LogP contribution in [0.1, 0.15) is 55.5 Å². The molecule has 2 heterocycles. The minimum Gasteiger partial charge on any atom is -0.398 e. The quantitative estimate of drug-likeness (QED) is 0.361. The number of ether oxygens (including phenoxy) is 1. The number of carbonyl (C=O) groups excluding carboxylic acids is 1. The topological polar surface area (TPSA) is 134 Å². The van der Waals surface area contributed by atoms with Crippen LogP contribution in [0.25, 0.3) is 5.70 Å². The highest BCUT2D eigenvalue weighted by Crippen LogP contribution is 2.41. The fraction of sp³-hybridized carbons (Fsp3) is 0.560. The molecule has 1 aromatic rings. The molecular weight excluding hydrogens is 462 g/mol. The lowest BCUT2D eigenvalue weighted by atomic mass is 9.52. The number of halogens is 2. The van der Waals surface area contributed by atoms with E-state index in [0.29, 0.717) is 5.92 Å². The van der Waals surface area contributed by atoms with Gasteiger partial charge in [-0.3, -0.25) is 4.79 Å². The molecule has 4 rings (SSSR count). The van der Waals surface area contributed by atoms with E-state index in [1.807, 2.05) is 0 Å². The number of amides is 1. The van der Waals surface area contributed by atoms with Gasteiger partial charge in [0.15, 0.2) is 0 Å². The Labute approximate surface area is 215 Å². The predicted octanol–water partition coefficient (Wildman–Crippen LogP) is 1.89. The fourth-order valence-electron chi connectivity index (χ4n) is 5.23. The summed E-state index contributed by atoms with van der Waals surface area (Å²) < 4.78 is 32.3. The third kappa shape index (κ3) is 7.03. The summed E-state index contributed by atoms with van der Waals surface area (Å²) in [6.45, 7) is 3.88. The highest BCUT2D eigenvalue weighted by atomic mass is 19.1. The summed E-state index contributed by atoms with van der Waals surface area (Å²) in [5.41, 5.74) is 20.0. The molecule has 2 saturated heterocycles. The Morgan fingerprint density at radius 3 is 1.97 bits per heavy atom. The lowest BCUT2D eigenvalue weighted by Crippen LogP contribution is -2.55. The van der Waals surface area contributed by atoms with E-state index >= 15 is 0 Å². The van der Waals surface area contributed by atoms with Crippen LogP contribution in [-0.2, 0) is 4.74 Å². The molecule has 0 spiro atoms. The number of allylic oxidation sites excluding steroid dienone is 2. The average molecular weight is 499 g/mol. The van der Waals surface area contributed by atoms with Gasteiger partial charge in [0.1, 0.15) is 17.2 Å². The fourth-order valence-corrected chi connectivity index (χ4v) is 5.23. The van der Waals surface area contributed by atoms with Crippen molar-refractivity contribution in [3.63, 3.8) is 0 Å². The second kappa shape index (κ2) is 12.6. The van der Waals surface area contributed by atoms with E-state index in [4.69, 9.17) is 43.4 Å². The van der Waals surface area contributed by atoms with Crippen molar-refractivity contribution in [2.24, 2.45) is 40.7 Å². The van der Waals surface area contributed by atoms with Gasteiger partial charge in [0.2, 0.25) is 0 Å². The number of nitrogens with zero attached hydrogens (tertiary/aromatic N) is 1. The molecule has 0 bridgehead atoms. The third-order valence-electron chi connectivity index (χ3n) is 7.23. The van der Waals surface area contributed by atoms with Gasteiger partial charge in [0.05, 0.1) is 21.5 Å². The number of primary amides is 1. The van der Waals surface area contributed by atoms with Crippen LogP contribution in [0, 0.1) is 29.4 Å². The van der Waals surface area contributed by atoms with Crippen molar-refractivity contribution in [2.75, 3.05) is 26.3 Å². The Morgan fingerprint density at radius 2 is 1.50 bits per heavy atom. The second-order valence-corrected chi connectivity index (χ2v) is 9.60. The summed E-state index contributed by atoms with van der Waals surface area (Å²) in [7, 11) is 12.9. The Bertz CT molecular complexity index is 944. The molecule has 1 amide bonds. The first-order chi connectivity index (χ1) is 16.5. The molecule has 8 N–H and O–H groups in total. The molecule has 7 nitrogen and oxygen atoms in total. The van der Waals surface area contributed by atoms with Crippen LogP contribution in [0.4, 0.5) is 8.78 Å². The Morgan fingerprint density at radius 1 is 0.972 bits per heavy atom. The van der Waals surface area contributed by atoms with Gasteiger partial charge in [-0.2, -0.15) is 0 Å². The molecule has 3 fully saturated rings. The van der Waals surface area contributed by atoms with E-state index in [0.717, 1.165) is 63.1 Å². The van der Waals surface area contributed by atoms with Gasteiger partial charge in [-0.1, -0.05) is 19.2 Å². The highest BCUT2D eigenvalue weighted by molar-refractivity contribution is 6.40. The molecule has 0 aromatic heterocycles. The largest absolute Gasteiger partial charge is 0.398 e. The van der Waals surface area contributed by atoms with Gasteiger partial charge < -0.3 is 32.6 Å². The van der Waals surface area contributed by atoms with E-state index in [2.05, 4.69) is 4.90 Å². The standard InChI is InChI=1S/C13H21B2NO.C11H12F2N4O.CH4/c14-13(15,12-4-6-17-7-5-12)16-8-10-2-1-3-11(10)9-16;12-6-3-5(8(14)1-2-9(15)16)4-7(13)10(6)11(17)18;/h10-12H,1-9H2;1-4H,14-16H2,(H2,17,18);1H4/b;8-1-;. The van der Waals surface area contributed by atoms with Crippen LogP contribution in [-0.4, -0.2) is 58.1 Å². The highest BCUT2D eigenvalue weighted by Gasteiger charge is 2.43. The maximum atomic E-state index is 13.4. The number of rotatable bonds is 5. The third-order valence-corrected chi connectivity index (χ3v) is 7.23. The molecular formula is C25H37B2F2N5O2. The van der Waals surface area contributed by atoms with Crippen LogP contribution in [0.5, 0.6) is 0 Å². The number of nitrogens with two attached hydrogens (primary N) is 4. The van der Waals surface area contributed by atoms with Crippen LogP contribution in [0.15, 0.2) is 30.1 Å². The summed E-state index contributed by atoms with van der Waals surface area (Å²) in [4.78, 5) is 13.2. The van der Waals surface area contributed by atoms with Crippen molar-refractivity contribution in [2.45, 2.75) is 44.9 Å². The SMILES string of the molecule is C.NC(=O)c1c(F)cc(/C(N)=C/C=C(N)N)cc1F.[B]C([B])(C1CCOCC1)N1CC2CCCC2C1. The minimum absolute atomic E-state index is 0. The van der Waals surface area contributed by atoms with Gasteiger partial charge in [-0.15, -0.1) is 0 Å². The van der Waals surface area contributed by atoms with E-state index in [1.165, 1.54) is 31.4 Å². The Hall–Kier alpha value is -2.52. The van der Waals surface area contributed by atoms with Gasteiger partial charge in [-0.05, 0) is 67.7 Å². The van der Waals surface area contributed by atoms with E-state index in [9.17, 15) is 13.6 Å². The molecule has 1 aromatic carbocycles. The lowest BCUT2D eigenvalue weighted by molar-refractivity contribution is 0.0375. The zero-order valence-corrected chi connectivity index (χ0v) is 19.9. The van der Waals surface area contributed by atoms with E-state index in [-0.39, 0.29) is 24.5 Å². The lowest BCUT2D eigenvalue weighted by Gasteiger charge is -2.45. The van der Waals surface area contributed by atoms with Crippen LogP contribution >= 0.6 is 0 Å². The van der Waals surface area contributed by atoms with Crippen molar-refractivity contribution in [1.82, 2.24) is 4.90 Å². The number of hydrogen-bond acceptors (Lipinski definition) is 6. The smallest absolute Gasteiger partial charge is 0.254 e. The summed E-state index contributed by atoms with van der Waals surface area (Å²) in [5, 5.41) is -0.603. The molecule has 2 aliphatic heterocycles. The van der Waals surface area contributed by atoms with Crippen LogP contribution < -0.4 is 22.9 Å². The Balaban J connectivity index is 0.000000247. The van der Waals surface area contributed by atoms with E-state index in [1.54, 1.807) is 0 Å². The van der Waals surface area contributed by atoms with E-state index < -0.39 is 28.4 Å². The summed E-state index contributed by atoms with van der Waals surface area (Å²) in [6, 6.07) is 1.80. The predicted molar refractivity (Wildman–Crippen MR) is 140 cm³/mol. The summed E-state index contributed by atoms with van der Waals surface area (Å²) in [6.07, 6.45) is 8.75. The maximum Gasteiger partial charge on any atom is 0.254 e. The first-order valence-electron chi connectivity index (χ1n) is 11.9. The molecule has 36 heavy (non-hydrogen) atoms. The molecule has 1 saturated carbocycles. The summed E-state index contributed by atoms with van der Waals surface area (Å²) in [5.74, 6) is -1.24. The van der Waals surface area contributed by atoms with Crippen molar-refractivity contribution < 1.29 is 18.3 Å².